The first-order chi connectivity index (χ1) is 10.1. The molecule has 0 aromatic heterocycles. The molecular weight excluding hydrogens is 290 g/mol. The van der Waals surface area contributed by atoms with E-state index in [0.717, 1.165) is 19.6 Å². The number of carbonyl (C=O) groups is 2. The van der Waals surface area contributed by atoms with Crippen molar-refractivity contribution in [2.75, 3.05) is 38.0 Å². The molecule has 0 saturated carbocycles. The molecule has 2 amide bonds. The smallest absolute Gasteiger partial charge is 0.233 e. The molecule has 1 N–H and O–H groups in total. The van der Waals surface area contributed by atoms with Crippen molar-refractivity contribution in [1.29, 1.82) is 0 Å². The van der Waals surface area contributed by atoms with E-state index in [1.54, 1.807) is 29.2 Å². The van der Waals surface area contributed by atoms with Gasteiger partial charge < -0.3 is 15.1 Å². The maximum absolute atomic E-state index is 12.1. The van der Waals surface area contributed by atoms with Crippen molar-refractivity contribution < 1.29 is 9.59 Å². The van der Waals surface area contributed by atoms with E-state index in [-0.39, 0.29) is 18.2 Å². The van der Waals surface area contributed by atoms with Crippen LogP contribution in [0.3, 0.4) is 0 Å². The Kier molecular flexibility index (Phi) is 5.59. The van der Waals surface area contributed by atoms with Crippen molar-refractivity contribution in [3.05, 3.63) is 29.3 Å². The summed E-state index contributed by atoms with van der Waals surface area (Å²) in [5, 5.41) is 3.24. The molecule has 1 heterocycles. The Morgan fingerprint density at radius 1 is 1.24 bits per heavy atom. The minimum Gasteiger partial charge on any atom is -0.340 e. The molecule has 0 spiro atoms. The number of carbonyl (C=O) groups excluding carboxylic acids is 2. The van der Waals surface area contributed by atoms with Crippen LogP contribution in [0.5, 0.6) is 0 Å². The molecule has 1 saturated heterocycles. The molecule has 0 aliphatic carbocycles. The Morgan fingerprint density at radius 3 is 2.57 bits per heavy atom. The molecule has 5 nitrogen and oxygen atoms in total. The van der Waals surface area contributed by atoms with Crippen molar-refractivity contribution in [1.82, 2.24) is 9.80 Å². The summed E-state index contributed by atoms with van der Waals surface area (Å²) >= 11 is 5.85. The van der Waals surface area contributed by atoms with Crippen LogP contribution in [0.1, 0.15) is 13.3 Å². The maximum Gasteiger partial charge on any atom is 0.233 e. The number of hydrogen-bond acceptors (Lipinski definition) is 3. The quantitative estimate of drug-likeness (QED) is 0.863. The van der Waals surface area contributed by atoms with Crippen LogP contribution in [0.25, 0.3) is 0 Å². The predicted octanol–water partition coefficient (Wildman–Crippen LogP) is 1.83. The fraction of sp³-hybridized carbons (Fsp3) is 0.467. The van der Waals surface area contributed by atoms with Crippen LogP contribution in [0.15, 0.2) is 24.3 Å². The molecule has 1 aliphatic rings. The number of anilines is 1. The van der Waals surface area contributed by atoms with Crippen LogP contribution in [0.2, 0.25) is 5.02 Å². The molecule has 21 heavy (non-hydrogen) atoms. The third-order valence-corrected chi connectivity index (χ3v) is 3.83. The van der Waals surface area contributed by atoms with Gasteiger partial charge in [-0.25, -0.2) is 0 Å². The Bertz CT molecular complexity index is 513. The second-order valence-corrected chi connectivity index (χ2v) is 5.49. The monoisotopic (exact) mass is 309 g/mol. The zero-order valence-electron chi connectivity index (χ0n) is 12.1. The van der Waals surface area contributed by atoms with E-state index in [1.807, 2.05) is 0 Å². The van der Waals surface area contributed by atoms with E-state index in [0.29, 0.717) is 23.8 Å². The number of benzene rings is 1. The lowest BCUT2D eigenvalue weighted by atomic mass is 10.2. The summed E-state index contributed by atoms with van der Waals surface area (Å²) in [4.78, 5) is 28.0. The van der Waals surface area contributed by atoms with Crippen LogP contribution in [0.4, 0.5) is 5.69 Å². The number of amides is 2. The molecule has 2 rings (SSSR count). The average molecular weight is 310 g/mol. The number of hydrogen-bond donors (Lipinski definition) is 1. The van der Waals surface area contributed by atoms with Crippen molar-refractivity contribution in [3.63, 3.8) is 0 Å². The van der Waals surface area contributed by atoms with Crippen LogP contribution in [-0.4, -0.2) is 54.3 Å². The maximum atomic E-state index is 12.1. The van der Waals surface area contributed by atoms with Gasteiger partial charge in [0.2, 0.25) is 11.8 Å². The van der Waals surface area contributed by atoms with Gasteiger partial charge in [-0.3, -0.25) is 9.59 Å². The minimum atomic E-state index is -0.305. The second-order valence-electron chi connectivity index (χ2n) is 5.05. The molecule has 0 unspecified atom stereocenters. The third kappa shape index (κ3) is 4.72. The van der Waals surface area contributed by atoms with Crippen LogP contribution in [-0.2, 0) is 9.59 Å². The molecule has 6 heteroatoms. The van der Waals surface area contributed by atoms with Crippen LogP contribution < -0.4 is 5.32 Å². The molecule has 1 aromatic rings. The summed E-state index contributed by atoms with van der Waals surface area (Å²) in [5.41, 5.74) is 0.608. The SMILES string of the molecule is CCN1CCN(C(=O)CC(=O)Nc2cccc(Cl)c2)CC1. The zero-order chi connectivity index (χ0) is 15.2. The highest BCUT2D eigenvalue weighted by Gasteiger charge is 2.21. The van der Waals surface area contributed by atoms with E-state index >= 15 is 0 Å². The molecule has 0 radical (unpaired) electrons. The predicted molar refractivity (Wildman–Crippen MR) is 83.4 cm³/mol. The number of rotatable bonds is 4. The first-order valence-electron chi connectivity index (χ1n) is 7.14. The molecule has 0 bridgehead atoms. The van der Waals surface area contributed by atoms with Crippen LogP contribution in [0, 0.1) is 0 Å². The van der Waals surface area contributed by atoms with Crippen molar-refractivity contribution in [3.8, 4) is 0 Å². The standard InChI is InChI=1S/C15H20ClN3O2/c1-2-18-6-8-19(9-7-18)15(21)11-14(20)17-13-5-3-4-12(16)10-13/h3-5,10H,2,6-9,11H2,1H3,(H,17,20). The average Bonchev–Trinajstić information content (AvgIpc) is 2.47. The molecule has 114 valence electrons. The Hall–Kier alpha value is -1.59. The summed E-state index contributed by atoms with van der Waals surface area (Å²) in [6.45, 7) is 6.23. The van der Waals surface area contributed by atoms with E-state index in [2.05, 4.69) is 17.1 Å². The second kappa shape index (κ2) is 7.43. The van der Waals surface area contributed by atoms with Gasteiger partial charge in [0.25, 0.3) is 0 Å². The van der Waals surface area contributed by atoms with E-state index in [4.69, 9.17) is 11.6 Å². The van der Waals surface area contributed by atoms with Gasteiger partial charge in [-0.15, -0.1) is 0 Å². The topological polar surface area (TPSA) is 52.7 Å². The van der Waals surface area contributed by atoms with Gasteiger partial charge in [-0.05, 0) is 24.7 Å². The lowest BCUT2D eigenvalue weighted by Crippen LogP contribution is -2.49. The summed E-state index contributed by atoms with van der Waals surface area (Å²) in [6, 6.07) is 6.89. The molecular formula is C15H20ClN3O2. The molecule has 1 fully saturated rings. The zero-order valence-corrected chi connectivity index (χ0v) is 12.9. The van der Waals surface area contributed by atoms with Gasteiger partial charge in [-0.1, -0.05) is 24.6 Å². The largest absolute Gasteiger partial charge is 0.340 e. The lowest BCUT2D eigenvalue weighted by Gasteiger charge is -2.33. The number of nitrogens with one attached hydrogen (secondary N) is 1. The van der Waals surface area contributed by atoms with Crippen molar-refractivity contribution >= 4 is 29.1 Å². The number of halogens is 1. The summed E-state index contributed by atoms with van der Waals surface area (Å²) in [5.74, 6) is -0.425. The Morgan fingerprint density at radius 2 is 1.95 bits per heavy atom. The number of likely N-dealkylation sites (N-methyl/N-ethyl adjacent to an activating group) is 1. The van der Waals surface area contributed by atoms with E-state index in [1.165, 1.54) is 0 Å². The number of nitrogens with zero attached hydrogens (tertiary/aromatic N) is 2. The highest BCUT2D eigenvalue weighted by atomic mass is 35.5. The molecule has 0 atom stereocenters. The lowest BCUT2D eigenvalue weighted by molar-refractivity contribution is -0.136. The van der Waals surface area contributed by atoms with Gasteiger partial charge in [-0.2, -0.15) is 0 Å². The minimum absolute atomic E-state index is 0.120. The third-order valence-electron chi connectivity index (χ3n) is 3.59. The van der Waals surface area contributed by atoms with Crippen molar-refractivity contribution in [2.45, 2.75) is 13.3 Å². The molecule has 1 aliphatic heterocycles. The summed E-state index contributed by atoms with van der Waals surface area (Å²) in [6.07, 6.45) is -0.126. The fourth-order valence-corrected chi connectivity index (χ4v) is 2.52. The number of piperazine rings is 1. The van der Waals surface area contributed by atoms with E-state index in [9.17, 15) is 9.59 Å². The van der Waals surface area contributed by atoms with Crippen molar-refractivity contribution in [2.24, 2.45) is 0 Å². The Balaban J connectivity index is 1.81. The first-order valence-corrected chi connectivity index (χ1v) is 7.52. The Labute approximate surface area is 129 Å². The molecule has 1 aromatic carbocycles. The van der Waals surface area contributed by atoms with Gasteiger partial charge in [0.1, 0.15) is 6.42 Å². The van der Waals surface area contributed by atoms with E-state index < -0.39 is 0 Å². The summed E-state index contributed by atoms with van der Waals surface area (Å²) in [7, 11) is 0. The van der Waals surface area contributed by atoms with Gasteiger partial charge in [0.05, 0.1) is 0 Å². The van der Waals surface area contributed by atoms with Gasteiger partial charge in [0.15, 0.2) is 0 Å². The fourth-order valence-electron chi connectivity index (χ4n) is 2.33. The van der Waals surface area contributed by atoms with Gasteiger partial charge in [0, 0.05) is 36.9 Å². The highest BCUT2D eigenvalue weighted by molar-refractivity contribution is 6.30. The first kappa shape index (κ1) is 15.8. The highest BCUT2D eigenvalue weighted by Crippen LogP contribution is 2.15. The van der Waals surface area contributed by atoms with Gasteiger partial charge >= 0.3 is 0 Å². The summed E-state index contributed by atoms with van der Waals surface area (Å²) < 4.78 is 0. The normalized spacial score (nSPS) is 15.8. The van der Waals surface area contributed by atoms with Crippen LogP contribution >= 0.6 is 11.6 Å².